The van der Waals surface area contributed by atoms with Crippen LogP contribution in [0.4, 0.5) is 15.8 Å². The van der Waals surface area contributed by atoms with Gasteiger partial charge >= 0.3 is 0 Å². The molecule has 1 saturated heterocycles. The normalized spacial score (nSPS) is 14.7. The molecule has 0 unspecified atom stereocenters. The van der Waals surface area contributed by atoms with Gasteiger partial charge in [0.2, 0.25) is 11.8 Å². The van der Waals surface area contributed by atoms with Gasteiger partial charge in [0.25, 0.3) is 0 Å². The number of hydrogen-bond donors (Lipinski definition) is 1. The molecular weight excluding hydrogens is 421 g/mol. The van der Waals surface area contributed by atoms with Gasteiger partial charge in [-0.1, -0.05) is 6.92 Å². The summed E-state index contributed by atoms with van der Waals surface area (Å²) in [4.78, 5) is 22.9. The molecule has 0 aliphatic carbocycles. The average Bonchev–Trinajstić information content (AvgIpc) is 3.14. The Morgan fingerprint density at radius 3 is 2.76 bits per heavy atom. The molecule has 1 aromatic carbocycles. The zero-order valence-corrected chi connectivity index (χ0v) is 18.9. The summed E-state index contributed by atoms with van der Waals surface area (Å²) in [5.41, 5.74) is 2.63. The third-order valence-corrected chi connectivity index (χ3v) is 6.09. The lowest BCUT2D eigenvalue weighted by Gasteiger charge is -2.32. The van der Waals surface area contributed by atoms with Gasteiger partial charge in [-0.15, -0.1) is 0 Å². The van der Waals surface area contributed by atoms with Crippen LogP contribution >= 0.6 is 0 Å². The number of benzene rings is 1. The maximum atomic E-state index is 14.6. The van der Waals surface area contributed by atoms with Crippen LogP contribution in [0.3, 0.4) is 0 Å². The lowest BCUT2D eigenvalue weighted by Crippen LogP contribution is -2.32. The van der Waals surface area contributed by atoms with E-state index in [9.17, 15) is 9.18 Å². The van der Waals surface area contributed by atoms with Gasteiger partial charge in [0.15, 0.2) is 11.5 Å². The summed E-state index contributed by atoms with van der Waals surface area (Å²) in [5, 5.41) is 4.49. The van der Waals surface area contributed by atoms with Crippen molar-refractivity contribution in [2.75, 3.05) is 23.3 Å². The number of carbonyl (C=O) groups excluding carboxylic acids is 1. The van der Waals surface area contributed by atoms with E-state index in [2.05, 4.69) is 33.2 Å². The van der Waals surface area contributed by atoms with Gasteiger partial charge < -0.3 is 19.4 Å². The highest BCUT2D eigenvalue weighted by atomic mass is 19.1. The minimum Gasteiger partial charge on any atom is -0.437 e. The predicted octanol–water partition coefficient (Wildman–Crippen LogP) is 5.32. The van der Waals surface area contributed by atoms with E-state index in [1.807, 2.05) is 12.1 Å². The van der Waals surface area contributed by atoms with Crippen LogP contribution in [0, 0.1) is 18.7 Å². The van der Waals surface area contributed by atoms with Crippen molar-refractivity contribution in [3.8, 4) is 11.6 Å². The van der Waals surface area contributed by atoms with Gasteiger partial charge in [0.05, 0.1) is 23.0 Å². The summed E-state index contributed by atoms with van der Waals surface area (Å²) in [7, 11) is 0. The number of piperidine rings is 1. The van der Waals surface area contributed by atoms with E-state index in [4.69, 9.17) is 4.74 Å². The number of halogens is 1. The number of imidazole rings is 1. The van der Waals surface area contributed by atoms with Crippen molar-refractivity contribution in [1.82, 2.24) is 14.4 Å². The molecule has 1 N–H and O–H groups in total. The summed E-state index contributed by atoms with van der Waals surface area (Å²) in [6.07, 6.45) is 7.34. The van der Waals surface area contributed by atoms with Crippen molar-refractivity contribution >= 4 is 33.7 Å². The molecule has 170 valence electrons. The van der Waals surface area contributed by atoms with E-state index in [1.165, 1.54) is 13.0 Å². The van der Waals surface area contributed by atoms with E-state index in [-0.39, 0.29) is 11.6 Å². The second-order valence-electron chi connectivity index (χ2n) is 8.80. The Hall–Kier alpha value is -3.68. The van der Waals surface area contributed by atoms with Gasteiger partial charge in [-0.25, -0.2) is 14.4 Å². The first-order valence-electron chi connectivity index (χ1n) is 11.2. The number of nitrogens with one attached hydrogen (secondary N) is 1. The van der Waals surface area contributed by atoms with Crippen LogP contribution in [0.2, 0.25) is 0 Å². The SMILES string of the molecule is CC(=O)Nc1cc(N2CCC(C)CC2)cc2ccnc(Oc3cc(F)c4nc(C)cn4c3)c12. The molecule has 4 aromatic rings. The molecule has 8 heteroatoms. The minimum absolute atomic E-state index is 0.183. The number of hydrogen-bond acceptors (Lipinski definition) is 5. The third-order valence-electron chi connectivity index (χ3n) is 6.09. The van der Waals surface area contributed by atoms with Crippen molar-refractivity contribution < 1.29 is 13.9 Å². The standard InChI is InChI=1S/C25H26FN5O2/c1-15-5-8-30(9-6-15)19-10-18-4-7-27-25(23(18)22(11-19)29-17(3)32)33-20-12-21(26)24-28-16(2)13-31(24)14-20/h4,7,10-15H,5-6,8-9H2,1-3H3,(H,29,32). The number of aryl methyl sites for hydroxylation is 1. The van der Waals surface area contributed by atoms with Gasteiger partial charge in [-0.3, -0.25) is 4.79 Å². The predicted molar refractivity (Wildman–Crippen MR) is 127 cm³/mol. The van der Waals surface area contributed by atoms with Crippen LogP contribution in [0.1, 0.15) is 32.4 Å². The average molecular weight is 448 g/mol. The van der Waals surface area contributed by atoms with Crippen LogP contribution in [-0.4, -0.2) is 33.4 Å². The summed E-state index contributed by atoms with van der Waals surface area (Å²) < 4.78 is 22.2. The molecule has 0 radical (unpaired) electrons. The Morgan fingerprint density at radius 1 is 1.21 bits per heavy atom. The number of fused-ring (bicyclic) bond motifs is 2. The van der Waals surface area contributed by atoms with Gasteiger partial charge in [-0.05, 0) is 49.3 Å². The van der Waals surface area contributed by atoms with E-state index in [0.29, 0.717) is 28.4 Å². The minimum atomic E-state index is -0.482. The second-order valence-corrected chi connectivity index (χ2v) is 8.80. The number of nitrogens with zero attached hydrogens (tertiary/aromatic N) is 4. The Morgan fingerprint density at radius 2 is 2.00 bits per heavy atom. The Labute approximate surface area is 191 Å². The van der Waals surface area contributed by atoms with Crippen molar-refractivity contribution in [3.05, 3.63) is 54.4 Å². The summed E-state index contributed by atoms with van der Waals surface area (Å²) >= 11 is 0. The molecule has 33 heavy (non-hydrogen) atoms. The van der Waals surface area contributed by atoms with Crippen LogP contribution < -0.4 is 15.0 Å². The molecule has 1 aliphatic heterocycles. The Kier molecular flexibility index (Phi) is 5.36. The zero-order chi connectivity index (χ0) is 23.1. The van der Waals surface area contributed by atoms with Gasteiger partial charge in [-0.2, -0.15) is 0 Å². The molecule has 0 atom stereocenters. The molecular formula is C25H26FN5O2. The molecule has 1 aliphatic rings. The lowest BCUT2D eigenvalue weighted by molar-refractivity contribution is -0.114. The molecule has 5 rings (SSSR count). The van der Waals surface area contributed by atoms with Crippen molar-refractivity contribution in [2.24, 2.45) is 5.92 Å². The maximum Gasteiger partial charge on any atom is 0.229 e. The third kappa shape index (κ3) is 4.20. The van der Waals surface area contributed by atoms with Crippen molar-refractivity contribution in [3.63, 3.8) is 0 Å². The Bertz CT molecular complexity index is 1360. The quantitative estimate of drug-likeness (QED) is 0.459. The first kappa shape index (κ1) is 21.2. The first-order chi connectivity index (χ1) is 15.9. The number of ether oxygens (including phenoxy) is 1. The largest absolute Gasteiger partial charge is 0.437 e. The van der Waals surface area contributed by atoms with Crippen LogP contribution in [0.5, 0.6) is 11.6 Å². The van der Waals surface area contributed by atoms with E-state index in [0.717, 1.165) is 42.9 Å². The molecule has 0 bridgehead atoms. The molecule has 1 fully saturated rings. The number of amides is 1. The summed E-state index contributed by atoms with van der Waals surface area (Å²) in [5.74, 6) is 0.644. The summed E-state index contributed by atoms with van der Waals surface area (Å²) in [6, 6.07) is 7.25. The fourth-order valence-electron chi connectivity index (χ4n) is 4.41. The van der Waals surface area contributed by atoms with E-state index < -0.39 is 5.82 Å². The molecule has 7 nitrogen and oxygen atoms in total. The highest BCUT2D eigenvalue weighted by Crippen LogP contribution is 2.38. The Balaban J connectivity index is 1.58. The van der Waals surface area contributed by atoms with Crippen LogP contribution in [0.15, 0.2) is 42.9 Å². The van der Waals surface area contributed by atoms with Gasteiger partial charge in [0.1, 0.15) is 5.75 Å². The molecule has 0 saturated carbocycles. The first-order valence-corrected chi connectivity index (χ1v) is 11.2. The maximum absolute atomic E-state index is 14.6. The molecule has 3 aromatic heterocycles. The lowest BCUT2D eigenvalue weighted by atomic mass is 9.98. The van der Waals surface area contributed by atoms with Gasteiger partial charge in [0, 0.05) is 44.2 Å². The number of pyridine rings is 2. The number of rotatable bonds is 4. The highest BCUT2D eigenvalue weighted by Gasteiger charge is 2.20. The smallest absolute Gasteiger partial charge is 0.229 e. The van der Waals surface area contributed by atoms with Crippen molar-refractivity contribution in [2.45, 2.75) is 33.6 Å². The zero-order valence-electron chi connectivity index (χ0n) is 18.9. The molecule has 1 amide bonds. The number of aromatic nitrogens is 3. The molecule has 4 heterocycles. The molecule has 0 spiro atoms. The summed E-state index contributed by atoms with van der Waals surface area (Å²) in [6.45, 7) is 7.51. The van der Waals surface area contributed by atoms with E-state index in [1.54, 1.807) is 29.9 Å². The highest BCUT2D eigenvalue weighted by molar-refractivity contribution is 6.05. The van der Waals surface area contributed by atoms with Crippen molar-refractivity contribution in [1.29, 1.82) is 0 Å². The topological polar surface area (TPSA) is 71.8 Å². The van der Waals surface area contributed by atoms with E-state index >= 15 is 0 Å². The fraction of sp³-hybridized carbons (Fsp3) is 0.320. The fourth-order valence-corrected chi connectivity index (χ4v) is 4.41. The van der Waals surface area contributed by atoms with Crippen LogP contribution in [0.25, 0.3) is 16.4 Å². The van der Waals surface area contributed by atoms with Crippen LogP contribution in [-0.2, 0) is 4.79 Å². The number of carbonyl (C=O) groups is 1. The number of anilines is 2. The monoisotopic (exact) mass is 447 g/mol. The second kappa shape index (κ2) is 8.35.